The number of rotatable bonds is 4. The summed E-state index contributed by atoms with van der Waals surface area (Å²) in [5.41, 5.74) is 4.87. The first-order chi connectivity index (χ1) is 11.5. The zero-order valence-corrected chi connectivity index (χ0v) is 14.4. The van der Waals surface area contributed by atoms with Gasteiger partial charge in [-0.15, -0.1) is 11.3 Å². The second-order valence-electron chi connectivity index (χ2n) is 6.09. The summed E-state index contributed by atoms with van der Waals surface area (Å²) in [5.74, 6) is -0.561. The molecule has 1 aliphatic rings. The standard InChI is InChI=1S/C17H20FN3O2S/c1-9-3-11(6-20-17(23)15-4-12(22)7-19-15)14(18)5-13(9)16-10(2)21-8-24-16/h3,5,8,12,15,19,22H,4,6-7H2,1-2H3,(H,20,23)/t12-,15+/m1/s1. The Hall–Kier alpha value is -1.83. The molecule has 1 aliphatic heterocycles. The van der Waals surface area contributed by atoms with Crippen molar-refractivity contribution in [1.82, 2.24) is 15.6 Å². The SMILES string of the molecule is Cc1cc(CNC(=O)[C@@H]2C[C@@H](O)CN2)c(F)cc1-c1scnc1C. The molecule has 3 N–H and O–H groups in total. The smallest absolute Gasteiger partial charge is 0.237 e. The summed E-state index contributed by atoms with van der Waals surface area (Å²) >= 11 is 1.49. The van der Waals surface area contributed by atoms with Gasteiger partial charge >= 0.3 is 0 Å². The summed E-state index contributed by atoms with van der Waals surface area (Å²) in [4.78, 5) is 17.2. The molecule has 7 heteroatoms. The van der Waals surface area contributed by atoms with Crippen LogP contribution in [0.5, 0.6) is 0 Å². The molecule has 5 nitrogen and oxygen atoms in total. The summed E-state index contributed by atoms with van der Waals surface area (Å²) in [6, 6.07) is 2.86. The van der Waals surface area contributed by atoms with Crippen molar-refractivity contribution >= 4 is 17.2 Å². The summed E-state index contributed by atoms with van der Waals surface area (Å²) < 4.78 is 14.4. The Balaban J connectivity index is 1.72. The maximum Gasteiger partial charge on any atom is 0.237 e. The van der Waals surface area contributed by atoms with Crippen LogP contribution >= 0.6 is 11.3 Å². The Morgan fingerprint density at radius 3 is 2.92 bits per heavy atom. The van der Waals surface area contributed by atoms with E-state index in [1.807, 2.05) is 13.8 Å². The lowest BCUT2D eigenvalue weighted by Gasteiger charge is -2.13. The second kappa shape index (κ2) is 6.96. The predicted molar refractivity (Wildman–Crippen MR) is 91.2 cm³/mol. The molecule has 0 spiro atoms. The molecule has 1 amide bonds. The predicted octanol–water partition coefficient (Wildman–Crippen LogP) is 1.91. The number of aliphatic hydroxyl groups excluding tert-OH is 1. The third-order valence-electron chi connectivity index (χ3n) is 4.26. The average molecular weight is 349 g/mol. The third-order valence-corrected chi connectivity index (χ3v) is 5.22. The highest BCUT2D eigenvalue weighted by molar-refractivity contribution is 7.13. The van der Waals surface area contributed by atoms with E-state index >= 15 is 0 Å². The summed E-state index contributed by atoms with van der Waals surface area (Å²) in [6.45, 7) is 4.37. The zero-order chi connectivity index (χ0) is 17.3. The van der Waals surface area contributed by atoms with Crippen LogP contribution in [0.1, 0.15) is 23.2 Å². The van der Waals surface area contributed by atoms with Gasteiger partial charge in [0.1, 0.15) is 5.82 Å². The van der Waals surface area contributed by atoms with E-state index in [4.69, 9.17) is 0 Å². The van der Waals surface area contributed by atoms with Crippen molar-refractivity contribution in [3.05, 3.63) is 40.3 Å². The molecule has 1 saturated heterocycles. The van der Waals surface area contributed by atoms with Crippen LogP contribution in [-0.4, -0.2) is 34.7 Å². The molecule has 0 bridgehead atoms. The molecule has 128 valence electrons. The molecule has 1 fully saturated rings. The first kappa shape index (κ1) is 17.0. The minimum atomic E-state index is -0.498. The molecule has 1 aromatic carbocycles. The number of β-amino-alcohol motifs (C(OH)–C–C–N with tert-alkyl or cyclic N) is 1. The molecule has 1 aromatic heterocycles. The van der Waals surface area contributed by atoms with E-state index in [2.05, 4.69) is 15.6 Å². The third kappa shape index (κ3) is 3.48. The number of halogens is 1. The summed E-state index contributed by atoms with van der Waals surface area (Å²) in [6.07, 6.45) is -0.113. The number of amides is 1. The fourth-order valence-electron chi connectivity index (χ4n) is 2.90. The minimum absolute atomic E-state index is 0.127. The number of aryl methyl sites for hydroxylation is 2. The van der Waals surface area contributed by atoms with Crippen LogP contribution in [0.2, 0.25) is 0 Å². The van der Waals surface area contributed by atoms with Gasteiger partial charge in [-0.1, -0.05) is 6.07 Å². The largest absolute Gasteiger partial charge is 0.392 e. The topological polar surface area (TPSA) is 74.2 Å². The first-order valence-corrected chi connectivity index (χ1v) is 8.72. The van der Waals surface area contributed by atoms with Gasteiger partial charge in [0.25, 0.3) is 0 Å². The first-order valence-electron chi connectivity index (χ1n) is 7.84. The molecule has 0 radical (unpaired) electrons. The number of nitrogens with one attached hydrogen (secondary N) is 2. The molecule has 24 heavy (non-hydrogen) atoms. The Morgan fingerprint density at radius 1 is 1.50 bits per heavy atom. The van der Waals surface area contributed by atoms with Crippen LogP contribution in [0.4, 0.5) is 4.39 Å². The van der Waals surface area contributed by atoms with Gasteiger partial charge in [0.15, 0.2) is 0 Å². The van der Waals surface area contributed by atoms with Crippen molar-refractivity contribution in [2.24, 2.45) is 0 Å². The van der Waals surface area contributed by atoms with E-state index in [0.29, 0.717) is 18.5 Å². The quantitative estimate of drug-likeness (QED) is 0.788. The number of aromatic nitrogens is 1. The molecule has 0 aliphatic carbocycles. The molecule has 0 saturated carbocycles. The van der Waals surface area contributed by atoms with Gasteiger partial charge in [-0.05, 0) is 37.5 Å². The van der Waals surface area contributed by atoms with Gasteiger partial charge in [0.05, 0.1) is 28.2 Å². The molecule has 0 unspecified atom stereocenters. The molecular weight excluding hydrogens is 329 g/mol. The van der Waals surface area contributed by atoms with E-state index in [1.54, 1.807) is 11.6 Å². The molecule has 3 rings (SSSR count). The van der Waals surface area contributed by atoms with Crippen molar-refractivity contribution in [2.45, 2.75) is 39.0 Å². The van der Waals surface area contributed by atoms with Crippen molar-refractivity contribution in [3.8, 4) is 10.4 Å². The van der Waals surface area contributed by atoms with E-state index in [-0.39, 0.29) is 18.3 Å². The lowest BCUT2D eigenvalue weighted by atomic mass is 10.0. The van der Waals surface area contributed by atoms with Crippen LogP contribution in [0.15, 0.2) is 17.6 Å². The van der Waals surface area contributed by atoms with Crippen molar-refractivity contribution < 1.29 is 14.3 Å². The van der Waals surface area contributed by atoms with Gasteiger partial charge in [-0.25, -0.2) is 9.37 Å². The van der Waals surface area contributed by atoms with Crippen LogP contribution in [0.25, 0.3) is 10.4 Å². The Kier molecular flexibility index (Phi) is 4.93. The van der Waals surface area contributed by atoms with Gasteiger partial charge in [-0.3, -0.25) is 4.79 Å². The number of hydrogen-bond donors (Lipinski definition) is 3. The fourth-order valence-corrected chi connectivity index (χ4v) is 3.79. The van der Waals surface area contributed by atoms with E-state index < -0.39 is 12.1 Å². The Morgan fingerprint density at radius 2 is 2.29 bits per heavy atom. The normalized spacial score (nSPS) is 20.3. The highest BCUT2D eigenvalue weighted by Gasteiger charge is 2.27. The maximum atomic E-state index is 14.4. The molecular formula is C17H20FN3O2S. The molecule has 2 aromatic rings. The lowest BCUT2D eigenvalue weighted by Crippen LogP contribution is -2.40. The van der Waals surface area contributed by atoms with Gasteiger partial charge in [-0.2, -0.15) is 0 Å². The van der Waals surface area contributed by atoms with Crippen molar-refractivity contribution in [1.29, 1.82) is 0 Å². The maximum absolute atomic E-state index is 14.4. The molecule has 2 atom stereocenters. The lowest BCUT2D eigenvalue weighted by molar-refractivity contribution is -0.123. The number of nitrogens with zero attached hydrogens (tertiary/aromatic N) is 1. The zero-order valence-electron chi connectivity index (χ0n) is 13.6. The second-order valence-corrected chi connectivity index (χ2v) is 6.95. The van der Waals surface area contributed by atoms with Crippen molar-refractivity contribution in [3.63, 3.8) is 0 Å². The summed E-state index contributed by atoms with van der Waals surface area (Å²) in [7, 11) is 0. The number of aliphatic hydroxyl groups is 1. The van der Waals surface area contributed by atoms with Crippen LogP contribution in [0.3, 0.4) is 0 Å². The van der Waals surface area contributed by atoms with Gasteiger partial charge in [0.2, 0.25) is 5.91 Å². The van der Waals surface area contributed by atoms with Crippen LogP contribution in [0, 0.1) is 19.7 Å². The molecule has 2 heterocycles. The van der Waals surface area contributed by atoms with E-state index in [0.717, 1.165) is 21.7 Å². The number of thiazole rings is 1. The average Bonchev–Trinajstić information content (AvgIpc) is 3.16. The number of hydrogen-bond acceptors (Lipinski definition) is 5. The number of carbonyl (C=O) groups excluding carboxylic acids is 1. The van der Waals surface area contributed by atoms with Crippen LogP contribution in [-0.2, 0) is 11.3 Å². The number of carbonyl (C=O) groups is 1. The monoisotopic (exact) mass is 349 g/mol. The Labute approximate surface area is 143 Å². The summed E-state index contributed by atoms with van der Waals surface area (Å²) in [5, 5.41) is 15.1. The fraction of sp³-hybridized carbons (Fsp3) is 0.412. The van der Waals surface area contributed by atoms with Crippen LogP contribution < -0.4 is 10.6 Å². The van der Waals surface area contributed by atoms with Crippen molar-refractivity contribution in [2.75, 3.05) is 6.54 Å². The highest BCUT2D eigenvalue weighted by atomic mass is 32.1. The van der Waals surface area contributed by atoms with E-state index in [1.165, 1.54) is 17.4 Å². The van der Waals surface area contributed by atoms with Gasteiger partial charge < -0.3 is 15.7 Å². The van der Waals surface area contributed by atoms with Gasteiger partial charge in [0, 0.05) is 18.7 Å². The Bertz CT molecular complexity index is 762. The number of benzene rings is 1. The van der Waals surface area contributed by atoms with E-state index in [9.17, 15) is 14.3 Å². The highest BCUT2D eigenvalue weighted by Crippen LogP contribution is 2.31. The minimum Gasteiger partial charge on any atom is -0.392 e.